The number of imidazole rings is 1. The summed E-state index contributed by atoms with van der Waals surface area (Å²) in [5.74, 6) is 2.85. The first kappa shape index (κ1) is 11.5. The maximum Gasteiger partial charge on any atom is 0.406 e. The minimum Gasteiger partial charge on any atom is -0.364 e. The standard InChI is InChI=1S/C12H18N4O2/c1-15-7-14-12(16(17)18)11(15)13-6-10(8-2-3-8)9-4-5-9/h7-10,13H,2-6H2,1H3. The lowest BCUT2D eigenvalue weighted by Crippen LogP contribution is -2.19. The van der Waals surface area contributed by atoms with Gasteiger partial charge in [-0.05, 0) is 53.3 Å². The van der Waals surface area contributed by atoms with Crippen LogP contribution in [0.2, 0.25) is 0 Å². The minimum atomic E-state index is -0.425. The third-order valence-corrected chi connectivity index (χ3v) is 4.05. The molecule has 3 rings (SSSR count). The lowest BCUT2D eigenvalue weighted by molar-refractivity contribution is -0.388. The van der Waals surface area contributed by atoms with Gasteiger partial charge in [-0.2, -0.15) is 0 Å². The Kier molecular flexibility index (Phi) is 2.72. The van der Waals surface area contributed by atoms with Gasteiger partial charge in [-0.1, -0.05) is 0 Å². The molecular formula is C12H18N4O2. The largest absolute Gasteiger partial charge is 0.406 e. The molecular weight excluding hydrogens is 232 g/mol. The number of nitrogens with zero attached hydrogens (tertiary/aromatic N) is 3. The van der Waals surface area contributed by atoms with Gasteiger partial charge in [0.05, 0.1) is 0 Å². The summed E-state index contributed by atoms with van der Waals surface area (Å²) in [5, 5.41) is 14.1. The smallest absolute Gasteiger partial charge is 0.364 e. The zero-order valence-corrected chi connectivity index (χ0v) is 10.5. The van der Waals surface area contributed by atoms with Crippen LogP contribution >= 0.6 is 0 Å². The van der Waals surface area contributed by atoms with E-state index < -0.39 is 4.92 Å². The second kappa shape index (κ2) is 4.26. The number of nitro groups is 1. The highest BCUT2D eigenvalue weighted by molar-refractivity contribution is 5.52. The van der Waals surface area contributed by atoms with Crippen molar-refractivity contribution in [2.75, 3.05) is 11.9 Å². The summed E-state index contributed by atoms with van der Waals surface area (Å²) < 4.78 is 1.69. The van der Waals surface area contributed by atoms with Gasteiger partial charge in [-0.15, -0.1) is 0 Å². The van der Waals surface area contributed by atoms with Crippen LogP contribution in [0.15, 0.2) is 6.33 Å². The molecule has 2 aliphatic carbocycles. The predicted molar refractivity (Wildman–Crippen MR) is 67.3 cm³/mol. The van der Waals surface area contributed by atoms with E-state index in [2.05, 4.69) is 10.3 Å². The van der Waals surface area contributed by atoms with E-state index in [4.69, 9.17) is 0 Å². The fourth-order valence-corrected chi connectivity index (χ4v) is 2.74. The maximum atomic E-state index is 10.9. The van der Waals surface area contributed by atoms with Crippen LogP contribution in [0.1, 0.15) is 25.7 Å². The number of aryl methyl sites for hydroxylation is 1. The summed E-state index contributed by atoms with van der Waals surface area (Å²) in [6, 6.07) is 0. The van der Waals surface area contributed by atoms with Gasteiger partial charge in [0.15, 0.2) is 0 Å². The van der Waals surface area contributed by atoms with Crippen LogP contribution in [0.4, 0.5) is 11.6 Å². The van der Waals surface area contributed by atoms with Crippen LogP contribution in [0.25, 0.3) is 0 Å². The first-order valence-electron chi connectivity index (χ1n) is 6.56. The average molecular weight is 250 g/mol. The van der Waals surface area contributed by atoms with Crippen LogP contribution < -0.4 is 5.32 Å². The number of hydrogen-bond donors (Lipinski definition) is 1. The van der Waals surface area contributed by atoms with Crippen molar-refractivity contribution in [1.29, 1.82) is 0 Å². The highest BCUT2D eigenvalue weighted by atomic mass is 16.6. The lowest BCUT2D eigenvalue weighted by atomic mass is 9.98. The third kappa shape index (κ3) is 2.19. The molecule has 0 atom stereocenters. The van der Waals surface area contributed by atoms with Gasteiger partial charge in [-0.3, -0.25) is 4.57 Å². The second-order valence-corrected chi connectivity index (χ2v) is 5.50. The van der Waals surface area contributed by atoms with Crippen molar-refractivity contribution in [3.8, 4) is 0 Å². The number of aromatic nitrogens is 2. The molecule has 2 aliphatic rings. The monoisotopic (exact) mass is 250 g/mol. The summed E-state index contributed by atoms with van der Waals surface area (Å²) in [6.45, 7) is 0.843. The predicted octanol–water partition coefficient (Wildman–Crippen LogP) is 2.18. The number of rotatable bonds is 6. The minimum absolute atomic E-state index is 0.0668. The first-order valence-corrected chi connectivity index (χ1v) is 6.56. The summed E-state index contributed by atoms with van der Waals surface area (Å²) in [4.78, 5) is 14.3. The Morgan fingerprint density at radius 3 is 2.61 bits per heavy atom. The number of anilines is 1. The molecule has 0 amide bonds. The zero-order valence-electron chi connectivity index (χ0n) is 10.5. The van der Waals surface area contributed by atoms with E-state index in [1.807, 2.05) is 0 Å². The second-order valence-electron chi connectivity index (χ2n) is 5.50. The Balaban J connectivity index is 1.68. The third-order valence-electron chi connectivity index (χ3n) is 4.05. The summed E-state index contributed by atoms with van der Waals surface area (Å²) in [7, 11) is 1.78. The van der Waals surface area contributed by atoms with Crippen LogP contribution in [-0.4, -0.2) is 21.0 Å². The van der Waals surface area contributed by atoms with Crippen LogP contribution in [-0.2, 0) is 7.05 Å². The van der Waals surface area contributed by atoms with E-state index in [0.29, 0.717) is 11.7 Å². The van der Waals surface area contributed by atoms with E-state index in [1.54, 1.807) is 11.6 Å². The Labute approximate surface area is 106 Å². The average Bonchev–Trinajstić information content (AvgIpc) is 3.21. The van der Waals surface area contributed by atoms with Gasteiger partial charge in [0.1, 0.15) is 0 Å². The molecule has 0 spiro atoms. The van der Waals surface area contributed by atoms with Gasteiger partial charge < -0.3 is 15.4 Å². The van der Waals surface area contributed by atoms with E-state index in [9.17, 15) is 10.1 Å². The summed E-state index contributed by atoms with van der Waals surface area (Å²) >= 11 is 0. The SMILES string of the molecule is Cn1cnc([N+](=O)[O-])c1NCC(C1CC1)C1CC1. The molecule has 1 aromatic heterocycles. The molecule has 2 fully saturated rings. The molecule has 2 saturated carbocycles. The van der Waals surface area contributed by atoms with Crippen LogP contribution in [0.3, 0.4) is 0 Å². The van der Waals surface area contributed by atoms with Gasteiger partial charge in [0.2, 0.25) is 12.1 Å². The molecule has 0 unspecified atom stereocenters. The number of hydrogen-bond acceptors (Lipinski definition) is 4. The first-order chi connectivity index (χ1) is 8.66. The Morgan fingerprint density at radius 1 is 1.50 bits per heavy atom. The molecule has 6 nitrogen and oxygen atoms in total. The van der Waals surface area contributed by atoms with Crippen LogP contribution in [0, 0.1) is 27.9 Å². The fourth-order valence-electron chi connectivity index (χ4n) is 2.74. The molecule has 0 saturated heterocycles. The normalized spacial score (nSPS) is 19.2. The molecule has 6 heteroatoms. The molecule has 0 bridgehead atoms. The van der Waals surface area contributed by atoms with Crippen LogP contribution in [0.5, 0.6) is 0 Å². The summed E-state index contributed by atoms with van der Waals surface area (Å²) in [6.07, 6.45) is 6.81. The molecule has 0 aliphatic heterocycles. The highest BCUT2D eigenvalue weighted by Gasteiger charge is 2.41. The van der Waals surface area contributed by atoms with Crippen molar-refractivity contribution in [1.82, 2.24) is 9.55 Å². The topological polar surface area (TPSA) is 73.0 Å². The fraction of sp³-hybridized carbons (Fsp3) is 0.750. The quantitative estimate of drug-likeness (QED) is 0.620. The van der Waals surface area contributed by atoms with Gasteiger partial charge in [0, 0.05) is 13.6 Å². The Hall–Kier alpha value is -1.59. The molecule has 18 heavy (non-hydrogen) atoms. The lowest BCUT2D eigenvalue weighted by Gasteiger charge is -2.16. The molecule has 0 radical (unpaired) electrons. The number of nitrogens with one attached hydrogen (secondary N) is 1. The van der Waals surface area contributed by atoms with Crippen molar-refractivity contribution >= 4 is 11.6 Å². The molecule has 0 aromatic carbocycles. The molecule has 1 heterocycles. The van der Waals surface area contributed by atoms with E-state index in [0.717, 1.165) is 18.4 Å². The van der Waals surface area contributed by atoms with Crippen molar-refractivity contribution in [2.45, 2.75) is 25.7 Å². The zero-order chi connectivity index (χ0) is 12.7. The van der Waals surface area contributed by atoms with Gasteiger partial charge >= 0.3 is 5.82 Å². The van der Waals surface area contributed by atoms with Crippen molar-refractivity contribution in [3.05, 3.63) is 16.4 Å². The van der Waals surface area contributed by atoms with Crippen molar-refractivity contribution < 1.29 is 4.92 Å². The van der Waals surface area contributed by atoms with E-state index in [1.165, 1.54) is 32.0 Å². The molecule has 1 aromatic rings. The van der Waals surface area contributed by atoms with E-state index in [-0.39, 0.29) is 5.82 Å². The van der Waals surface area contributed by atoms with Crippen molar-refractivity contribution in [3.63, 3.8) is 0 Å². The van der Waals surface area contributed by atoms with Gasteiger partial charge in [0.25, 0.3) is 0 Å². The van der Waals surface area contributed by atoms with Crippen molar-refractivity contribution in [2.24, 2.45) is 24.8 Å². The highest BCUT2D eigenvalue weighted by Crippen LogP contribution is 2.49. The summed E-state index contributed by atoms with van der Waals surface area (Å²) in [5.41, 5.74) is 0. The Bertz CT molecular complexity index is 451. The Morgan fingerprint density at radius 2 is 2.11 bits per heavy atom. The molecule has 1 N–H and O–H groups in total. The van der Waals surface area contributed by atoms with Gasteiger partial charge in [-0.25, -0.2) is 0 Å². The molecule has 98 valence electrons. The van der Waals surface area contributed by atoms with E-state index >= 15 is 0 Å². The maximum absolute atomic E-state index is 10.9.